The number of benzene rings is 1. The Balaban J connectivity index is 2.85. The number of carboxylic acid groups (broad SMARTS) is 1. The standard InChI is InChI=1S/C11H13NO4/c1-12(2)11(15)16-9(10(13)14)8-6-4-3-5-7-8/h3-7,9H,1-2H3,(H,13,14)/t9-/m1/s1. The normalized spacial score (nSPS) is 11.6. The van der Waals surface area contributed by atoms with Crippen molar-refractivity contribution in [3.63, 3.8) is 0 Å². The monoisotopic (exact) mass is 223 g/mol. The Labute approximate surface area is 93.2 Å². The molecule has 0 aliphatic carbocycles. The fourth-order valence-electron chi connectivity index (χ4n) is 1.10. The van der Waals surface area contributed by atoms with Gasteiger partial charge in [0.1, 0.15) is 0 Å². The lowest BCUT2D eigenvalue weighted by Gasteiger charge is -2.17. The van der Waals surface area contributed by atoms with Crippen LogP contribution in [-0.4, -0.2) is 36.2 Å². The van der Waals surface area contributed by atoms with Gasteiger partial charge in [0.15, 0.2) is 0 Å². The van der Waals surface area contributed by atoms with Gasteiger partial charge in [0.05, 0.1) is 0 Å². The second-order valence-electron chi connectivity index (χ2n) is 3.41. The molecule has 0 spiro atoms. The molecule has 0 aliphatic heterocycles. The maximum Gasteiger partial charge on any atom is 0.410 e. The van der Waals surface area contributed by atoms with Crippen molar-refractivity contribution in [1.29, 1.82) is 0 Å². The zero-order valence-corrected chi connectivity index (χ0v) is 9.08. The molecule has 16 heavy (non-hydrogen) atoms. The number of hydrogen-bond donors (Lipinski definition) is 1. The molecule has 0 bridgehead atoms. The van der Waals surface area contributed by atoms with E-state index in [1.54, 1.807) is 30.3 Å². The molecule has 0 aromatic heterocycles. The number of amides is 1. The van der Waals surface area contributed by atoms with Crippen LogP contribution >= 0.6 is 0 Å². The second-order valence-corrected chi connectivity index (χ2v) is 3.41. The summed E-state index contributed by atoms with van der Waals surface area (Å²) < 4.78 is 4.85. The molecule has 0 aliphatic rings. The van der Waals surface area contributed by atoms with Crippen LogP contribution in [0.25, 0.3) is 0 Å². The summed E-state index contributed by atoms with van der Waals surface area (Å²) in [4.78, 5) is 23.4. The van der Waals surface area contributed by atoms with E-state index in [0.717, 1.165) is 0 Å². The molecule has 1 N–H and O–H groups in total. The second kappa shape index (κ2) is 5.16. The summed E-state index contributed by atoms with van der Waals surface area (Å²) in [6.45, 7) is 0. The molecule has 5 heteroatoms. The van der Waals surface area contributed by atoms with Gasteiger partial charge in [0, 0.05) is 19.7 Å². The highest BCUT2D eigenvalue weighted by atomic mass is 16.6. The maximum atomic E-state index is 11.3. The van der Waals surface area contributed by atoms with Gasteiger partial charge in [-0.15, -0.1) is 0 Å². The summed E-state index contributed by atoms with van der Waals surface area (Å²) in [7, 11) is 2.98. The minimum absolute atomic E-state index is 0.435. The first-order chi connectivity index (χ1) is 7.52. The van der Waals surface area contributed by atoms with Gasteiger partial charge in [-0.3, -0.25) is 0 Å². The Hall–Kier alpha value is -2.04. The Kier molecular flexibility index (Phi) is 3.88. The molecule has 1 aromatic carbocycles. The van der Waals surface area contributed by atoms with Crippen molar-refractivity contribution in [1.82, 2.24) is 4.90 Å². The molecular weight excluding hydrogens is 210 g/mol. The van der Waals surface area contributed by atoms with E-state index in [1.165, 1.54) is 19.0 Å². The Morgan fingerprint density at radius 3 is 2.25 bits per heavy atom. The third-order valence-electron chi connectivity index (χ3n) is 1.91. The molecule has 1 rings (SSSR count). The van der Waals surface area contributed by atoms with Gasteiger partial charge in [-0.2, -0.15) is 0 Å². The van der Waals surface area contributed by atoms with Crippen LogP contribution in [0, 0.1) is 0 Å². The first-order valence-electron chi connectivity index (χ1n) is 4.68. The van der Waals surface area contributed by atoms with E-state index >= 15 is 0 Å². The van der Waals surface area contributed by atoms with Crippen LogP contribution in [0.2, 0.25) is 0 Å². The topological polar surface area (TPSA) is 66.8 Å². The Morgan fingerprint density at radius 2 is 1.81 bits per heavy atom. The third-order valence-corrected chi connectivity index (χ3v) is 1.91. The van der Waals surface area contributed by atoms with Crippen LogP contribution in [0.15, 0.2) is 30.3 Å². The Morgan fingerprint density at radius 1 is 1.25 bits per heavy atom. The van der Waals surface area contributed by atoms with Crippen LogP contribution in [-0.2, 0) is 9.53 Å². The van der Waals surface area contributed by atoms with Gasteiger partial charge in [-0.25, -0.2) is 9.59 Å². The zero-order chi connectivity index (χ0) is 12.1. The number of nitrogens with zero attached hydrogens (tertiary/aromatic N) is 1. The smallest absolute Gasteiger partial charge is 0.410 e. The molecule has 0 unspecified atom stereocenters. The van der Waals surface area contributed by atoms with Crippen molar-refractivity contribution < 1.29 is 19.4 Å². The number of aliphatic carboxylic acids is 1. The number of carbonyl (C=O) groups is 2. The number of carboxylic acids is 1. The summed E-state index contributed by atoms with van der Waals surface area (Å²) in [6.07, 6.45) is -1.95. The molecule has 0 saturated carbocycles. The average Bonchev–Trinajstić information content (AvgIpc) is 2.26. The summed E-state index contributed by atoms with van der Waals surface area (Å²) in [5.41, 5.74) is 0.435. The lowest BCUT2D eigenvalue weighted by molar-refractivity contribution is -0.147. The fraction of sp³-hybridized carbons (Fsp3) is 0.273. The first kappa shape index (κ1) is 12.0. The minimum Gasteiger partial charge on any atom is -0.478 e. The first-order valence-corrected chi connectivity index (χ1v) is 4.68. The zero-order valence-electron chi connectivity index (χ0n) is 9.08. The van der Waals surface area contributed by atoms with E-state index in [9.17, 15) is 9.59 Å². The molecular formula is C11H13NO4. The van der Waals surface area contributed by atoms with Gasteiger partial charge in [-0.1, -0.05) is 30.3 Å². The van der Waals surface area contributed by atoms with Crippen LogP contribution in [0.5, 0.6) is 0 Å². The summed E-state index contributed by atoms with van der Waals surface area (Å²) in [6, 6.07) is 8.34. The van der Waals surface area contributed by atoms with Gasteiger partial charge in [0.25, 0.3) is 0 Å². The Bertz CT molecular complexity index is 375. The van der Waals surface area contributed by atoms with Crippen molar-refractivity contribution in [3.05, 3.63) is 35.9 Å². The predicted molar refractivity (Wildman–Crippen MR) is 57.0 cm³/mol. The van der Waals surface area contributed by atoms with Crippen LogP contribution < -0.4 is 0 Å². The summed E-state index contributed by atoms with van der Waals surface area (Å²) in [5, 5.41) is 8.96. The highest BCUT2D eigenvalue weighted by Crippen LogP contribution is 2.18. The number of carbonyl (C=O) groups excluding carboxylic acids is 1. The molecule has 0 heterocycles. The summed E-state index contributed by atoms with van der Waals surface area (Å²) in [5.74, 6) is -1.19. The van der Waals surface area contributed by atoms with Crippen molar-refractivity contribution >= 4 is 12.1 Å². The highest BCUT2D eigenvalue weighted by Gasteiger charge is 2.24. The highest BCUT2D eigenvalue weighted by molar-refractivity contribution is 5.78. The lowest BCUT2D eigenvalue weighted by atomic mass is 10.1. The van der Waals surface area contributed by atoms with E-state index in [4.69, 9.17) is 9.84 Å². The van der Waals surface area contributed by atoms with E-state index in [1.807, 2.05) is 0 Å². The molecule has 1 amide bonds. The average molecular weight is 223 g/mol. The number of hydrogen-bond acceptors (Lipinski definition) is 3. The number of ether oxygens (including phenoxy) is 1. The molecule has 5 nitrogen and oxygen atoms in total. The molecule has 0 fully saturated rings. The van der Waals surface area contributed by atoms with Crippen molar-refractivity contribution in [2.75, 3.05) is 14.1 Å². The van der Waals surface area contributed by atoms with Crippen molar-refractivity contribution in [3.8, 4) is 0 Å². The maximum absolute atomic E-state index is 11.3. The van der Waals surface area contributed by atoms with E-state index < -0.39 is 18.2 Å². The molecule has 0 saturated heterocycles. The van der Waals surface area contributed by atoms with Gasteiger partial charge >= 0.3 is 12.1 Å². The van der Waals surface area contributed by atoms with Crippen LogP contribution in [0.3, 0.4) is 0 Å². The van der Waals surface area contributed by atoms with Crippen molar-refractivity contribution in [2.45, 2.75) is 6.10 Å². The SMILES string of the molecule is CN(C)C(=O)O[C@@H](C(=O)O)c1ccccc1. The molecule has 1 aromatic rings. The minimum atomic E-state index is -1.27. The summed E-state index contributed by atoms with van der Waals surface area (Å²) >= 11 is 0. The van der Waals surface area contributed by atoms with E-state index in [0.29, 0.717) is 5.56 Å². The van der Waals surface area contributed by atoms with Crippen LogP contribution in [0.4, 0.5) is 4.79 Å². The van der Waals surface area contributed by atoms with Gasteiger partial charge in [-0.05, 0) is 0 Å². The third kappa shape index (κ3) is 2.98. The predicted octanol–water partition coefficient (Wildman–Crippen LogP) is 1.51. The van der Waals surface area contributed by atoms with Gasteiger partial charge < -0.3 is 14.7 Å². The van der Waals surface area contributed by atoms with E-state index in [2.05, 4.69) is 0 Å². The molecule has 86 valence electrons. The molecule has 0 radical (unpaired) electrons. The quantitative estimate of drug-likeness (QED) is 0.843. The number of rotatable bonds is 3. The largest absolute Gasteiger partial charge is 0.478 e. The van der Waals surface area contributed by atoms with Crippen LogP contribution in [0.1, 0.15) is 11.7 Å². The van der Waals surface area contributed by atoms with Gasteiger partial charge in [0.2, 0.25) is 6.10 Å². The van der Waals surface area contributed by atoms with Crippen molar-refractivity contribution in [2.24, 2.45) is 0 Å². The fourth-order valence-corrected chi connectivity index (χ4v) is 1.10. The molecule has 1 atom stereocenters. The lowest BCUT2D eigenvalue weighted by Crippen LogP contribution is -2.27. The van der Waals surface area contributed by atoms with E-state index in [-0.39, 0.29) is 0 Å².